The second-order valence-electron chi connectivity index (χ2n) is 7.49. The first-order valence-electron chi connectivity index (χ1n) is 9.56. The molecule has 138 valence electrons. The van der Waals surface area contributed by atoms with Crippen molar-refractivity contribution < 1.29 is 4.79 Å². The molecule has 0 amide bonds. The Hall–Kier alpha value is -2.56. The van der Waals surface area contributed by atoms with Crippen molar-refractivity contribution in [1.29, 1.82) is 0 Å². The van der Waals surface area contributed by atoms with Crippen molar-refractivity contribution >= 4 is 16.6 Å². The lowest BCUT2D eigenvalue weighted by molar-refractivity contribution is 0.101. The number of likely N-dealkylation sites (tertiary alicyclic amines) is 1. The van der Waals surface area contributed by atoms with E-state index < -0.39 is 0 Å². The van der Waals surface area contributed by atoms with Crippen molar-refractivity contribution in [2.75, 3.05) is 13.1 Å². The van der Waals surface area contributed by atoms with E-state index in [1.54, 1.807) is 6.92 Å². The highest BCUT2D eigenvalue weighted by Gasteiger charge is 2.16. The molecule has 0 radical (unpaired) electrons. The van der Waals surface area contributed by atoms with Gasteiger partial charge in [0.05, 0.1) is 0 Å². The average Bonchev–Trinajstić information content (AvgIpc) is 2.69. The number of aromatic nitrogens is 1. The van der Waals surface area contributed by atoms with Crippen molar-refractivity contribution in [3.8, 4) is 11.1 Å². The van der Waals surface area contributed by atoms with E-state index in [-0.39, 0.29) is 5.78 Å². The number of piperidine rings is 1. The fraction of sp³-hybridized carbons (Fsp3) is 0.304. The van der Waals surface area contributed by atoms with Gasteiger partial charge in [-0.25, -0.2) is 0 Å². The predicted molar refractivity (Wildman–Crippen MR) is 110 cm³/mol. The summed E-state index contributed by atoms with van der Waals surface area (Å²) in [5.41, 5.74) is 10.3. The molecular weight excluding hydrogens is 334 g/mol. The van der Waals surface area contributed by atoms with Crippen molar-refractivity contribution in [3.63, 3.8) is 0 Å². The Morgan fingerprint density at radius 2 is 1.85 bits per heavy atom. The number of pyridine rings is 1. The maximum atomic E-state index is 11.5. The van der Waals surface area contributed by atoms with Gasteiger partial charge < -0.3 is 5.73 Å². The van der Waals surface area contributed by atoms with Crippen LogP contribution in [0, 0.1) is 0 Å². The van der Waals surface area contributed by atoms with Crippen LogP contribution in [0.15, 0.2) is 54.9 Å². The average molecular weight is 359 g/mol. The first-order chi connectivity index (χ1) is 13.1. The third-order valence-corrected chi connectivity index (χ3v) is 5.47. The standard InChI is InChI=1S/C23H25N3O/c1-16(27)18-4-6-19(7-5-18)23-14-25-13-20-3-2-17(12-22(20)23)15-26-10-8-21(24)9-11-26/h2-7,12-14,21H,8-11,15,24H2,1H3. The number of ketones is 1. The Morgan fingerprint density at radius 1 is 1.11 bits per heavy atom. The van der Waals surface area contributed by atoms with Crippen LogP contribution >= 0.6 is 0 Å². The summed E-state index contributed by atoms with van der Waals surface area (Å²) in [5, 5.41) is 2.33. The number of hydrogen-bond acceptors (Lipinski definition) is 4. The number of nitrogens with two attached hydrogens (primary N) is 1. The summed E-state index contributed by atoms with van der Waals surface area (Å²) in [6.07, 6.45) is 5.97. The Kier molecular flexibility index (Phi) is 5.01. The van der Waals surface area contributed by atoms with Crippen LogP contribution in [0.25, 0.3) is 21.9 Å². The molecule has 4 heteroatoms. The quantitative estimate of drug-likeness (QED) is 0.715. The third-order valence-electron chi connectivity index (χ3n) is 5.47. The van der Waals surface area contributed by atoms with Crippen molar-refractivity contribution in [1.82, 2.24) is 9.88 Å². The highest BCUT2D eigenvalue weighted by Crippen LogP contribution is 2.29. The fourth-order valence-electron chi connectivity index (χ4n) is 3.79. The van der Waals surface area contributed by atoms with Gasteiger partial charge in [0.25, 0.3) is 0 Å². The number of carbonyl (C=O) groups is 1. The molecule has 0 bridgehead atoms. The second kappa shape index (κ2) is 7.59. The molecule has 1 aliphatic rings. The molecule has 1 aromatic heterocycles. The number of benzene rings is 2. The van der Waals surface area contributed by atoms with Gasteiger partial charge >= 0.3 is 0 Å². The number of hydrogen-bond donors (Lipinski definition) is 1. The van der Waals surface area contributed by atoms with Crippen LogP contribution in [0.2, 0.25) is 0 Å². The molecule has 0 atom stereocenters. The Labute approximate surface area is 160 Å². The molecule has 2 aromatic carbocycles. The van der Waals surface area contributed by atoms with E-state index in [1.807, 2.05) is 36.7 Å². The minimum Gasteiger partial charge on any atom is -0.328 e. The molecule has 0 unspecified atom stereocenters. The monoisotopic (exact) mass is 359 g/mol. The zero-order valence-corrected chi connectivity index (χ0v) is 15.7. The summed E-state index contributed by atoms with van der Waals surface area (Å²) >= 11 is 0. The van der Waals surface area contributed by atoms with Gasteiger partial charge in [0, 0.05) is 41.5 Å². The van der Waals surface area contributed by atoms with E-state index in [1.165, 1.54) is 10.9 Å². The minimum absolute atomic E-state index is 0.0844. The highest BCUT2D eigenvalue weighted by atomic mass is 16.1. The molecule has 0 aliphatic carbocycles. The highest BCUT2D eigenvalue weighted by molar-refractivity contribution is 5.98. The summed E-state index contributed by atoms with van der Waals surface area (Å²) in [7, 11) is 0. The lowest BCUT2D eigenvalue weighted by atomic mass is 9.97. The van der Waals surface area contributed by atoms with Gasteiger partial charge in [-0.2, -0.15) is 0 Å². The molecule has 27 heavy (non-hydrogen) atoms. The molecule has 2 N–H and O–H groups in total. The molecule has 1 saturated heterocycles. The number of Topliss-reactive ketones (excluding diaryl/α,β-unsaturated/α-hetero) is 1. The summed E-state index contributed by atoms with van der Waals surface area (Å²) in [6, 6.07) is 14.8. The summed E-state index contributed by atoms with van der Waals surface area (Å²) < 4.78 is 0. The van der Waals surface area contributed by atoms with Crippen molar-refractivity contribution in [2.24, 2.45) is 5.73 Å². The van der Waals surface area contributed by atoms with Gasteiger partial charge in [0.1, 0.15) is 0 Å². The Bertz CT molecular complexity index is 957. The van der Waals surface area contributed by atoms with Crippen molar-refractivity contribution in [2.45, 2.75) is 32.4 Å². The second-order valence-corrected chi connectivity index (χ2v) is 7.49. The van der Waals surface area contributed by atoms with Crippen molar-refractivity contribution in [3.05, 3.63) is 66.0 Å². The summed E-state index contributed by atoms with van der Waals surface area (Å²) in [4.78, 5) is 18.4. The molecule has 4 nitrogen and oxygen atoms in total. The number of nitrogens with zero attached hydrogens (tertiary/aromatic N) is 2. The van der Waals surface area contributed by atoms with E-state index in [0.29, 0.717) is 6.04 Å². The van der Waals surface area contributed by atoms with Crippen LogP contribution in [-0.2, 0) is 6.54 Å². The predicted octanol–water partition coefficient (Wildman–Crippen LogP) is 4.03. The lowest BCUT2D eigenvalue weighted by Gasteiger charge is -2.30. The normalized spacial score (nSPS) is 15.9. The molecule has 0 spiro atoms. The van der Waals surface area contributed by atoms with Gasteiger partial charge in [-0.1, -0.05) is 36.4 Å². The molecule has 0 saturated carbocycles. The fourth-order valence-corrected chi connectivity index (χ4v) is 3.79. The molecule has 4 rings (SSSR count). The van der Waals surface area contributed by atoms with Crippen LogP contribution < -0.4 is 5.73 Å². The first-order valence-corrected chi connectivity index (χ1v) is 9.56. The molecule has 1 fully saturated rings. The molecule has 3 aromatic rings. The zero-order valence-electron chi connectivity index (χ0n) is 15.7. The topological polar surface area (TPSA) is 59.2 Å². The smallest absolute Gasteiger partial charge is 0.159 e. The number of rotatable bonds is 4. The van der Waals surface area contributed by atoms with E-state index in [2.05, 4.69) is 28.1 Å². The maximum absolute atomic E-state index is 11.5. The van der Waals surface area contributed by atoms with Gasteiger partial charge in [0.2, 0.25) is 0 Å². The van der Waals surface area contributed by atoms with Gasteiger partial charge in [-0.05, 0) is 55.4 Å². The lowest BCUT2D eigenvalue weighted by Crippen LogP contribution is -2.39. The van der Waals surface area contributed by atoms with Crippen LogP contribution in [0.5, 0.6) is 0 Å². The Balaban J connectivity index is 1.66. The SMILES string of the molecule is CC(=O)c1ccc(-c2cncc3ccc(CN4CCC(N)CC4)cc23)cc1. The number of carbonyl (C=O) groups excluding carboxylic acids is 1. The van der Waals surface area contributed by atoms with Gasteiger partial charge in [-0.15, -0.1) is 0 Å². The third kappa shape index (κ3) is 3.92. The van der Waals surface area contributed by atoms with Crippen LogP contribution in [-0.4, -0.2) is 34.8 Å². The summed E-state index contributed by atoms with van der Waals surface area (Å²) in [5.74, 6) is 0.0844. The van der Waals surface area contributed by atoms with E-state index >= 15 is 0 Å². The maximum Gasteiger partial charge on any atom is 0.159 e. The minimum atomic E-state index is 0.0844. The molecule has 1 aliphatic heterocycles. The molecular formula is C23H25N3O. The Morgan fingerprint density at radius 3 is 2.56 bits per heavy atom. The van der Waals surface area contributed by atoms with Gasteiger partial charge in [-0.3, -0.25) is 14.7 Å². The number of fused-ring (bicyclic) bond motifs is 1. The summed E-state index contributed by atoms with van der Waals surface area (Å²) in [6.45, 7) is 4.67. The molecule has 2 heterocycles. The van der Waals surface area contributed by atoms with E-state index in [4.69, 9.17) is 5.73 Å². The van der Waals surface area contributed by atoms with Gasteiger partial charge in [0.15, 0.2) is 5.78 Å². The first kappa shape index (κ1) is 17.8. The zero-order chi connectivity index (χ0) is 18.8. The largest absolute Gasteiger partial charge is 0.328 e. The van der Waals surface area contributed by atoms with E-state index in [9.17, 15) is 4.79 Å². The van der Waals surface area contributed by atoms with Crippen LogP contribution in [0.4, 0.5) is 0 Å². The van der Waals surface area contributed by atoms with Crippen LogP contribution in [0.3, 0.4) is 0 Å². The van der Waals surface area contributed by atoms with Crippen LogP contribution in [0.1, 0.15) is 35.7 Å². The van der Waals surface area contributed by atoms with E-state index in [0.717, 1.165) is 54.6 Å².